The van der Waals surface area contributed by atoms with Crippen LogP contribution in [0.5, 0.6) is 0 Å². The number of rotatable bonds is 3. The molecule has 1 aliphatic rings. The van der Waals surface area contributed by atoms with E-state index in [1.54, 1.807) is 6.07 Å². The highest BCUT2D eigenvalue weighted by molar-refractivity contribution is 5.54. The molecule has 2 heterocycles. The van der Waals surface area contributed by atoms with Gasteiger partial charge in [-0.05, 0) is 30.3 Å². The van der Waals surface area contributed by atoms with E-state index in [1.165, 1.54) is 12.1 Å². The fourth-order valence-corrected chi connectivity index (χ4v) is 2.74. The van der Waals surface area contributed by atoms with Crippen molar-refractivity contribution in [2.24, 2.45) is 0 Å². The fourth-order valence-electron chi connectivity index (χ4n) is 2.74. The molecule has 0 unspecified atom stereocenters. The Balaban J connectivity index is 1.67. The second-order valence-corrected chi connectivity index (χ2v) is 5.93. The topological polar surface area (TPSA) is 59.3 Å². The minimum absolute atomic E-state index is 0.345. The minimum atomic E-state index is -0.378. The maximum absolute atomic E-state index is 13.6. The van der Waals surface area contributed by atoms with E-state index in [0.29, 0.717) is 5.56 Å². The Kier molecular flexibility index (Phi) is 4.47. The lowest BCUT2D eigenvalue weighted by Gasteiger charge is -2.36. The minimum Gasteiger partial charge on any atom is -0.368 e. The summed E-state index contributed by atoms with van der Waals surface area (Å²) < 4.78 is 13.6. The summed E-state index contributed by atoms with van der Waals surface area (Å²) in [5.41, 5.74) is 1.10. The Hall–Kier alpha value is -2.88. The molecule has 7 heteroatoms. The fraction of sp³-hybridized carbons (Fsp3) is 0.353. The number of halogens is 1. The summed E-state index contributed by atoms with van der Waals surface area (Å²) in [6.45, 7) is 3.03. The van der Waals surface area contributed by atoms with Gasteiger partial charge in [-0.2, -0.15) is 5.26 Å². The summed E-state index contributed by atoms with van der Waals surface area (Å²) >= 11 is 0. The summed E-state index contributed by atoms with van der Waals surface area (Å²) in [6.07, 6.45) is 0. The van der Waals surface area contributed by atoms with Crippen LogP contribution in [0.25, 0.3) is 0 Å². The van der Waals surface area contributed by atoms with Gasteiger partial charge in [0, 0.05) is 46.0 Å². The molecular formula is C17H19FN6. The molecular weight excluding hydrogens is 307 g/mol. The van der Waals surface area contributed by atoms with Crippen LogP contribution in [0.2, 0.25) is 0 Å². The number of hydrogen-bond donors (Lipinski definition) is 0. The average molecular weight is 326 g/mol. The molecule has 0 N–H and O–H groups in total. The Morgan fingerprint density at radius 1 is 1.04 bits per heavy atom. The lowest BCUT2D eigenvalue weighted by atomic mass is 10.1. The SMILES string of the molecule is CN(C)c1ccc(N2CCN(c3cc(F)cc(C#N)c3)CC2)nn1. The zero-order valence-electron chi connectivity index (χ0n) is 13.8. The average Bonchev–Trinajstić information content (AvgIpc) is 2.61. The Bertz CT molecular complexity index is 745. The van der Waals surface area contributed by atoms with Gasteiger partial charge in [0.25, 0.3) is 0 Å². The van der Waals surface area contributed by atoms with Gasteiger partial charge in [0.05, 0.1) is 11.6 Å². The second kappa shape index (κ2) is 6.71. The lowest BCUT2D eigenvalue weighted by Crippen LogP contribution is -2.47. The summed E-state index contributed by atoms with van der Waals surface area (Å²) in [6, 6.07) is 10.4. The number of piperazine rings is 1. The van der Waals surface area contributed by atoms with Crippen molar-refractivity contribution in [3.63, 3.8) is 0 Å². The number of anilines is 3. The Labute approximate surface area is 140 Å². The van der Waals surface area contributed by atoms with Gasteiger partial charge in [-0.3, -0.25) is 0 Å². The summed E-state index contributed by atoms with van der Waals surface area (Å²) in [4.78, 5) is 6.15. The summed E-state index contributed by atoms with van der Waals surface area (Å²) in [5.74, 6) is 1.29. The molecule has 124 valence electrons. The molecule has 6 nitrogen and oxygen atoms in total. The maximum atomic E-state index is 13.6. The first-order chi connectivity index (χ1) is 11.6. The third-order valence-corrected chi connectivity index (χ3v) is 4.08. The van der Waals surface area contributed by atoms with Crippen molar-refractivity contribution < 1.29 is 4.39 Å². The van der Waals surface area contributed by atoms with Crippen LogP contribution in [-0.4, -0.2) is 50.5 Å². The largest absolute Gasteiger partial charge is 0.368 e. The van der Waals surface area contributed by atoms with Gasteiger partial charge in [0.2, 0.25) is 0 Å². The van der Waals surface area contributed by atoms with Crippen molar-refractivity contribution in [2.45, 2.75) is 0 Å². The predicted molar refractivity (Wildman–Crippen MR) is 91.9 cm³/mol. The first-order valence-corrected chi connectivity index (χ1v) is 7.78. The first kappa shape index (κ1) is 16.0. The first-order valence-electron chi connectivity index (χ1n) is 7.78. The van der Waals surface area contributed by atoms with E-state index in [2.05, 4.69) is 20.0 Å². The quantitative estimate of drug-likeness (QED) is 0.858. The van der Waals surface area contributed by atoms with Gasteiger partial charge >= 0.3 is 0 Å². The van der Waals surface area contributed by atoms with Gasteiger partial charge in [-0.25, -0.2) is 4.39 Å². The molecule has 1 saturated heterocycles. The van der Waals surface area contributed by atoms with E-state index < -0.39 is 0 Å². The standard InChI is InChI=1S/C17H19FN6/c1-22(2)16-3-4-17(21-20-16)24-7-5-23(6-8-24)15-10-13(12-19)9-14(18)11-15/h3-4,9-11H,5-8H2,1-2H3. The van der Waals surface area contributed by atoms with Crippen LogP contribution in [-0.2, 0) is 0 Å². The normalized spacial score (nSPS) is 14.4. The molecule has 0 saturated carbocycles. The van der Waals surface area contributed by atoms with Gasteiger partial charge in [0.1, 0.15) is 5.82 Å². The van der Waals surface area contributed by atoms with Crippen LogP contribution < -0.4 is 14.7 Å². The molecule has 0 radical (unpaired) electrons. The zero-order valence-corrected chi connectivity index (χ0v) is 13.8. The molecule has 0 aliphatic carbocycles. The molecule has 2 aromatic rings. The molecule has 1 aliphatic heterocycles. The van der Waals surface area contributed by atoms with Crippen LogP contribution in [0, 0.1) is 17.1 Å². The highest BCUT2D eigenvalue weighted by Crippen LogP contribution is 2.22. The number of nitrogens with zero attached hydrogens (tertiary/aromatic N) is 6. The molecule has 0 atom stereocenters. The van der Waals surface area contributed by atoms with Crippen LogP contribution in [0.15, 0.2) is 30.3 Å². The van der Waals surface area contributed by atoms with E-state index in [1.807, 2.05) is 37.2 Å². The van der Waals surface area contributed by atoms with Crippen molar-refractivity contribution in [2.75, 3.05) is 55.0 Å². The van der Waals surface area contributed by atoms with Gasteiger partial charge in [-0.15, -0.1) is 10.2 Å². The van der Waals surface area contributed by atoms with Gasteiger partial charge < -0.3 is 14.7 Å². The summed E-state index contributed by atoms with van der Waals surface area (Å²) in [7, 11) is 3.86. The Morgan fingerprint density at radius 2 is 1.75 bits per heavy atom. The van der Waals surface area contributed by atoms with E-state index in [0.717, 1.165) is 43.5 Å². The lowest BCUT2D eigenvalue weighted by molar-refractivity contribution is 0.618. The highest BCUT2D eigenvalue weighted by atomic mass is 19.1. The molecule has 3 rings (SSSR count). The second-order valence-electron chi connectivity index (χ2n) is 5.93. The van der Waals surface area contributed by atoms with Crippen molar-refractivity contribution in [3.05, 3.63) is 41.7 Å². The molecule has 1 fully saturated rings. The van der Waals surface area contributed by atoms with Crippen LogP contribution in [0.1, 0.15) is 5.56 Å². The number of benzene rings is 1. The highest BCUT2D eigenvalue weighted by Gasteiger charge is 2.19. The van der Waals surface area contributed by atoms with Crippen molar-refractivity contribution >= 4 is 17.3 Å². The molecule has 1 aromatic carbocycles. The van der Waals surface area contributed by atoms with Crippen LogP contribution in [0.3, 0.4) is 0 Å². The molecule has 24 heavy (non-hydrogen) atoms. The third kappa shape index (κ3) is 3.38. The zero-order chi connectivity index (χ0) is 17.1. The van der Waals surface area contributed by atoms with Gasteiger partial charge in [-0.1, -0.05) is 0 Å². The third-order valence-electron chi connectivity index (χ3n) is 4.08. The maximum Gasteiger partial charge on any atom is 0.151 e. The molecule has 1 aromatic heterocycles. The van der Waals surface area contributed by atoms with E-state index in [4.69, 9.17) is 5.26 Å². The van der Waals surface area contributed by atoms with Crippen molar-refractivity contribution in [1.82, 2.24) is 10.2 Å². The van der Waals surface area contributed by atoms with Crippen LogP contribution >= 0.6 is 0 Å². The Morgan fingerprint density at radius 3 is 2.33 bits per heavy atom. The van der Waals surface area contributed by atoms with Crippen molar-refractivity contribution in [1.29, 1.82) is 5.26 Å². The number of nitriles is 1. The molecule has 0 amide bonds. The van der Waals surface area contributed by atoms with E-state index in [-0.39, 0.29) is 5.82 Å². The van der Waals surface area contributed by atoms with E-state index >= 15 is 0 Å². The van der Waals surface area contributed by atoms with Crippen molar-refractivity contribution in [3.8, 4) is 6.07 Å². The molecule has 0 spiro atoms. The smallest absolute Gasteiger partial charge is 0.151 e. The predicted octanol–water partition coefficient (Wildman–Crippen LogP) is 1.88. The molecule has 0 bridgehead atoms. The summed E-state index contributed by atoms with van der Waals surface area (Å²) in [5, 5.41) is 17.5. The van der Waals surface area contributed by atoms with Gasteiger partial charge in [0.15, 0.2) is 11.6 Å². The van der Waals surface area contributed by atoms with E-state index in [9.17, 15) is 4.39 Å². The number of hydrogen-bond acceptors (Lipinski definition) is 6. The number of aromatic nitrogens is 2. The van der Waals surface area contributed by atoms with Crippen LogP contribution in [0.4, 0.5) is 21.7 Å². The monoisotopic (exact) mass is 326 g/mol.